The van der Waals surface area contributed by atoms with Crippen molar-refractivity contribution in [2.75, 3.05) is 19.6 Å². The summed E-state index contributed by atoms with van der Waals surface area (Å²) in [7, 11) is 0. The molecular weight excluding hydrogens is 218 g/mol. The van der Waals surface area contributed by atoms with E-state index in [-0.39, 0.29) is 24.7 Å². The second-order valence-corrected chi connectivity index (χ2v) is 3.25. The van der Waals surface area contributed by atoms with Crippen LogP contribution in [0.5, 0.6) is 0 Å². The molecule has 2 amide bonds. The molecule has 0 aromatic carbocycles. The predicted octanol–water partition coefficient (Wildman–Crippen LogP) is -0.730. The molecule has 0 spiro atoms. The van der Waals surface area contributed by atoms with Crippen molar-refractivity contribution in [1.29, 1.82) is 0 Å². The molecule has 1 unspecified atom stereocenters. The van der Waals surface area contributed by atoms with Crippen LogP contribution in [-0.4, -0.2) is 42.4 Å². The maximum absolute atomic E-state index is 11.7. The third-order valence-corrected chi connectivity index (χ3v) is 2.14. The van der Waals surface area contributed by atoms with Crippen molar-refractivity contribution in [3.05, 3.63) is 12.7 Å². The summed E-state index contributed by atoms with van der Waals surface area (Å²) >= 11 is 0. The third kappa shape index (κ3) is 3.89. The predicted molar refractivity (Wildman–Crippen MR) is 59.6 cm³/mol. The molecule has 0 aromatic heterocycles. The van der Waals surface area contributed by atoms with Gasteiger partial charge in [-0.3, -0.25) is 9.59 Å². The van der Waals surface area contributed by atoms with E-state index in [1.165, 1.54) is 0 Å². The summed E-state index contributed by atoms with van der Waals surface area (Å²) in [5.74, 6) is -0.536. The Bertz CT molecular complexity index is 258. The van der Waals surface area contributed by atoms with Gasteiger partial charge in [-0.25, -0.2) is 0 Å². The number of nitrogens with zero attached hydrogens (tertiary/aromatic N) is 1. The first-order valence-corrected chi connectivity index (χ1v) is 4.56. The van der Waals surface area contributed by atoms with Crippen molar-refractivity contribution < 1.29 is 9.59 Å². The van der Waals surface area contributed by atoms with Gasteiger partial charge < -0.3 is 16.0 Å². The van der Waals surface area contributed by atoms with Crippen molar-refractivity contribution in [3.63, 3.8) is 0 Å². The molecule has 6 heteroatoms. The van der Waals surface area contributed by atoms with E-state index in [1.54, 1.807) is 11.0 Å². The minimum Gasteiger partial charge on any atom is -0.370 e. The molecule has 86 valence electrons. The third-order valence-electron chi connectivity index (χ3n) is 2.14. The number of rotatable bonds is 4. The Morgan fingerprint density at radius 3 is 2.93 bits per heavy atom. The van der Waals surface area contributed by atoms with E-state index < -0.39 is 11.9 Å². The van der Waals surface area contributed by atoms with Crippen LogP contribution >= 0.6 is 12.4 Å². The van der Waals surface area contributed by atoms with Crippen LogP contribution in [0.1, 0.15) is 6.42 Å². The lowest BCUT2D eigenvalue weighted by molar-refractivity contribution is -0.137. The van der Waals surface area contributed by atoms with Gasteiger partial charge in [0.1, 0.15) is 0 Å². The normalized spacial score (nSPS) is 20.7. The molecule has 1 saturated heterocycles. The lowest BCUT2D eigenvalue weighted by atomic mass is 10.1. The zero-order valence-corrected chi connectivity index (χ0v) is 9.26. The Balaban J connectivity index is 0.00000196. The SMILES string of the molecule is C=CCN1CCNC(CC(N)=O)C1=O.Cl. The van der Waals surface area contributed by atoms with Gasteiger partial charge in [-0.15, -0.1) is 19.0 Å². The molecule has 0 aromatic rings. The standard InChI is InChI=1S/C9H15N3O2.ClH/c1-2-4-12-5-3-11-7(9(12)14)6-8(10)13;/h2,7,11H,1,3-6H2,(H2,10,13);1H. The molecular formula is C9H16ClN3O2. The minimum absolute atomic E-state index is 0. The van der Waals surface area contributed by atoms with Crippen LogP contribution in [0.25, 0.3) is 0 Å². The van der Waals surface area contributed by atoms with Crippen molar-refractivity contribution in [3.8, 4) is 0 Å². The number of nitrogens with one attached hydrogen (secondary N) is 1. The van der Waals surface area contributed by atoms with E-state index in [9.17, 15) is 9.59 Å². The number of piperazine rings is 1. The molecule has 15 heavy (non-hydrogen) atoms. The molecule has 0 saturated carbocycles. The number of hydrogen-bond acceptors (Lipinski definition) is 3. The van der Waals surface area contributed by atoms with Gasteiger partial charge >= 0.3 is 0 Å². The Morgan fingerprint density at radius 1 is 1.73 bits per heavy atom. The van der Waals surface area contributed by atoms with E-state index in [4.69, 9.17) is 5.73 Å². The second kappa shape index (κ2) is 6.42. The van der Waals surface area contributed by atoms with Gasteiger partial charge in [-0.2, -0.15) is 0 Å². The Kier molecular flexibility index (Phi) is 5.96. The van der Waals surface area contributed by atoms with Gasteiger partial charge in [0.05, 0.1) is 12.5 Å². The monoisotopic (exact) mass is 233 g/mol. The summed E-state index contributed by atoms with van der Waals surface area (Å²) in [5, 5.41) is 2.96. The van der Waals surface area contributed by atoms with Crippen molar-refractivity contribution >= 4 is 24.2 Å². The first-order chi connectivity index (χ1) is 6.65. The average Bonchev–Trinajstić information content (AvgIpc) is 2.11. The van der Waals surface area contributed by atoms with Gasteiger partial charge in [0.25, 0.3) is 0 Å². The molecule has 1 fully saturated rings. The molecule has 0 radical (unpaired) electrons. The smallest absolute Gasteiger partial charge is 0.240 e. The van der Waals surface area contributed by atoms with Crippen LogP contribution in [-0.2, 0) is 9.59 Å². The first kappa shape index (κ1) is 13.9. The maximum Gasteiger partial charge on any atom is 0.240 e. The van der Waals surface area contributed by atoms with Crippen molar-refractivity contribution in [2.45, 2.75) is 12.5 Å². The number of hydrogen-bond donors (Lipinski definition) is 2. The highest BCUT2D eigenvalue weighted by Gasteiger charge is 2.28. The number of carbonyl (C=O) groups is 2. The fourth-order valence-electron chi connectivity index (χ4n) is 1.49. The van der Waals surface area contributed by atoms with Crippen LogP contribution in [0.15, 0.2) is 12.7 Å². The fourth-order valence-corrected chi connectivity index (χ4v) is 1.49. The lowest BCUT2D eigenvalue weighted by Gasteiger charge is -2.31. The van der Waals surface area contributed by atoms with E-state index in [1.807, 2.05) is 0 Å². The summed E-state index contributed by atoms with van der Waals surface area (Å²) in [6.07, 6.45) is 1.73. The maximum atomic E-state index is 11.7. The summed E-state index contributed by atoms with van der Waals surface area (Å²) in [5.41, 5.74) is 5.04. The van der Waals surface area contributed by atoms with Crippen LogP contribution in [0.4, 0.5) is 0 Å². The fraction of sp³-hybridized carbons (Fsp3) is 0.556. The van der Waals surface area contributed by atoms with E-state index in [0.717, 1.165) is 0 Å². The summed E-state index contributed by atoms with van der Waals surface area (Å²) in [4.78, 5) is 24.0. The summed E-state index contributed by atoms with van der Waals surface area (Å²) < 4.78 is 0. The molecule has 1 rings (SSSR count). The largest absolute Gasteiger partial charge is 0.370 e. The van der Waals surface area contributed by atoms with Crippen LogP contribution < -0.4 is 11.1 Å². The number of amides is 2. The van der Waals surface area contributed by atoms with E-state index >= 15 is 0 Å². The summed E-state index contributed by atoms with van der Waals surface area (Å²) in [6, 6.07) is -0.457. The van der Waals surface area contributed by atoms with Crippen molar-refractivity contribution in [1.82, 2.24) is 10.2 Å². The zero-order valence-electron chi connectivity index (χ0n) is 8.44. The highest BCUT2D eigenvalue weighted by Crippen LogP contribution is 2.04. The van der Waals surface area contributed by atoms with Crippen LogP contribution in [0, 0.1) is 0 Å². The van der Waals surface area contributed by atoms with Gasteiger partial charge in [-0.05, 0) is 0 Å². The van der Waals surface area contributed by atoms with Gasteiger partial charge in [0.15, 0.2) is 0 Å². The Hall–Kier alpha value is -1.07. The number of primary amides is 1. The molecule has 0 bridgehead atoms. The molecule has 5 nitrogen and oxygen atoms in total. The first-order valence-electron chi connectivity index (χ1n) is 4.56. The Morgan fingerprint density at radius 2 is 2.40 bits per heavy atom. The Labute approximate surface area is 95.1 Å². The molecule has 1 aliphatic heterocycles. The van der Waals surface area contributed by atoms with Gasteiger partial charge in [0, 0.05) is 19.6 Å². The molecule has 0 aliphatic carbocycles. The quantitative estimate of drug-likeness (QED) is 0.629. The molecule has 3 N–H and O–H groups in total. The lowest BCUT2D eigenvalue weighted by Crippen LogP contribution is -2.55. The van der Waals surface area contributed by atoms with Crippen molar-refractivity contribution in [2.24, 2.45) is 5.73 Å². The zero-order chi connectivity index (χ0) is 10.6. The highest BCUT2D eigenvalue weighted by molar-refractivity contribution is 5.88. The number of halogens is 1. The number of carbonyl (C=O) groups excluding carboxylic acids is 2. The van der Waals surface area contributed by atoms with Crippen LogP contribution in [0.2, 0.25) is 0 Å². The average molecular weight is 234 g/mol. The summed E-state index contributed by atoms with van der Waals surface area (Å²) in [6.45, 7) is 5.44. The van der Waals surface area contributed by atoms with Gasteiger partial charge in [-0.1, -0.05) is 6.08 Å². The second-order valence-electron chi connectivity index (χ2n) is 3.25. The minimum atomic E-state index is -0.462. The molecule has 1 aliphatic rings. The van der Waals surface area contributed by atoms with Crippen LogP contribution in [0.3, 0.4) is 0 Å². The van der Waals surface area contributed by atoms with Gasteiger partial charge in [0.2, 0.25) is 11.8 Å². The number of nitrogens with two attached hydrogens (primary N) is 1. The highest BCUT2D eigenvalue weighted by atomic mass is 35.5. The molecule has 1 heterocycles. The molecule has 1 atom stereocenters. The topological polar surface area (TPSA) is 75.4 Å². The van der Waals surface area contributed by atoms with E-state index in [2.05, 4.69) is 11.9 Å². The van der Waals surface area contributed by atoms with E-state index in [0.29, 0.717) is 19.6 Å².